The summed E-state index contributed by atoms with van der Waals surface area (Å²) in [5.41, 5.74) is 2.04. The van der Waals surface area contributed by atoms with E-state index >= 15 is 0 Å². The first-order valence-electron chi connectivity index (χ1n) is 7.77. The van der Waals surface area contributed by atoms with Crippen LogP contribution in [0.3, 0.4) is 0 Å². The molecule has 0 radical (unpaired) electrons. The van der Waals surface area contributed by atoms with Gasteiger partial charge in [0, 0.05) is 16.7 Å². The Morgan fingerprint density at radius 3 is 2.50 bits per heavy atom. The molecular formula is C19H23NOS. The molecule has 116 valence electrons. The second kappa shape index (κ2) is 8.64. The van der Waals surface area contributed by atoms with Crippen molar-refractivity contribution >= 4 is 17.7 Å². The van der Waals surface area contributed by atoms with Crippen molar-refractivity contribution in [3.63, 3.8) is 0 Å². The number of rotatable bonds is 7. The molecule has 0 fully saturated rings. The molecule has 1 atom stereocenters. The molecule has 2 aromatic rings. The second-order valence-corrected chi connectivity index (χ2v) is 6.45. The molecule has 0 aromatic heterocycles. The van der Waals surface area contributed by atoms with E-state index in [1.807, 2.05) is 42.5 Å². The van der Waals surface area contributed by atoms with Gasteiger partial charge in [0.15, 0.2) is 0 Å². The van der Waals surface area contributed by atoms with Crippen LogP contribution in [0.4, 0.5) is 0 Å². The number of hydrogen-bond acceptors (Lipinski definition) is 2. The van der Waals surface area contributed by atoms with E-state index in [-0.39, 0.29) is 11.9 Å². The topological polar surface area (TPSA) is 29.1 Å². The quantitative estimate of drug-likeness (QED) is 0.737. The number of thioether (sulfide) groups is 1. The zero-order valence-electron chi connectivity index (χ0n) is 13.2. The van der Waals surface area contributed by atoms with Crippen LogP contribution < -0.4 is 5.32 Å². The maximum Gasteiger partial charge on any atom is 0.252 e. The molecule has 0 saturated carbocycles. The van der Waals surface area contributed by atoms with Crippen LogP contribution in [0.5, 0.6) is 0 Å². The van der Waals surface area contributed by atoms with Crippen molar-refractivity contribution in [1.29, 1.82) is 0 Å². The van der Waals surface area contributed by atoms with Crippen LogP contribution in [0, 0.1) is 0 Å². The van der Waals surface area contributed by atoms with E-state index in [2.05, 4.69) is 31.3 Å². The molecule has 0 heterocycles. The molecule has 0 bridgehead atoms. The number of amides is 1. The van der Waals surface area contributed by atoms with E-state index in [4.69, 9.17) is 0 Å². The fourth-order valence-corrected chi connectivity index (χ4v) is 3.33. The molecule has 3 heteroatoms. The third kappa shape index (κ3) is 4.92. The first-order chi connectivity index (χ1) is 10.7. The van der Waals surface area contributed by atoms with Gasteiger partial charge in [-0.25, -0.2) is 0 Å². The molecule has 0 unspecified atom stereocenters. The van der Waals surface area contributed by atoms with Crippen molar-refractivity contribution in [1.82, 2.24) is 5.32 Å². The maximum atomic E-state index is 12.4. The highest BCUT2D eigenvalue weighted by molar-refractivity contribution is 7.98. The molecule has 0 spiro atoms. The summed E-state index contributed by atoms with van der Waals surface area (Å²) in [5.74, 6) is 0.896. The van der Waals surface area contributed by atoms with Gasteiger partial charge in [0.05, 0.1) is 5.56 Å². The first-order valence-corrected chi connectivity index (χ1v) is 8.76. The lowest BCUT2D eigenvalue weighted by Gasteiger charge is -2.14. The van der Waals surface area contributed by atoms with Crippen LogP contribution in [-0.4, -0.2) is 11.9 Å². The molecule has 0 aliphatic rings. The van der Waals surface area contributed by atoms with Gasteiger partial charge in [-0.2, -0.15) is 0 Å². The predicted molar refractivity (Wildman–Crippen MR) is 94.3 cm³/mol. The predicted octanol–water partition coefficient (Wildman–Crippen LogP) is 4.90. The van der Waals surface area contributed by atoms with Gasteiger partial charge in [-0.3, -0.25) is 4.79 Å². The van der Waals surface area contributed by atoms with E-state index in [0.29, 0.717) is 0 Å². The minimum Gasteiger partial charge on any atom is -0.350 e. The first kappa shape index (κ1) is 16.6. The van der Waals surface area contributed by atoms with Crippen molar-refractivity contribution in [2.75, 3.05) is 0 Å². The Balaban J connectivity index is 2.04. The summed E-state index contributed by atoms with van der Waals surface area (Å²) in [4.78, 5) is 13.5. The SMILES string of the molecule is CCC[C@@H](C)NC(=O)c1ccccc1SCc1ccccc1. The second-order valence-electron chi connectivity index (χ2n) is 5.43. The molecule has 0 aliphatic carbocycles. The van der Waals surface area contributed by atoms with Gasteiger partial charge >= 0.3 is 0 Å². The summed E-state index contributed by atoms with van der Waals surface area (Å²) >= 11 is 1.71. The summed E-state index contributed by atoms with van der Waals surface area (Å²) in [5, 5.41) is 3.08. The third-order valence-corrected chi connectivity index (χ3v) is 4.61. The Labute approximate surface area is 137 Å². The Morgan fingerprint density at radius 1 is 1.09 bits per heavy atom. The summed E-state index contributed by atoms with van der Waals surface area (Å²) in [6.45, 7) is 4.19. The fraction of sp³-hybridized carbons (Fsp3) is 0.316. The standard InChI is InChI=1S/C19H23NOS/c1-3-9-15(2)20-19(21)17-12-7-8-13-18(17)22-14-16-10-5-4-6-11-16/h4-8,10-13,15H,3,9,14H2,1-2H3,(H,20,21)/t15-/m1/s1. The molecule has 22 heavy (non-hydrogen) atoms. The minimum absolute atomic E-state index is 0.0251. The van der Waals surface area contributed by atoms with Crippen LogP contribution in [0.25, 0.3) is 0 Å². The van der Waals surface area contributed by atoms with E-state index < -0.39 is 0 Å². The molecular weight excluding hydrogens is 290 g/mol. The van der Waals surface area contributed by atoms with Crippen LogP contribution in [0.1, 0.15) is 42.6 Å². The summed E-state index contributed by atoms with van der Waals surface area (Å²) < 4.78 is 0. The largest absolute Gasteiger partial charge is 0.350 e. The minimum atomic E-state index is 0.0251. The Kier molecular flexibility index (Phi) is 6.53. The molecule has 2 nitrogen and oxygen atoms in total. The average molecular weight is 313 g/mol. The number of carbonyl (C=O) groups excluding carboxylic acids is 1. The van der Waals surface area contributed by atoms with Crippen LogP contribution in [0.15, 0.2) is 59.5 Å². The average Bonchev–Trinajstić information content (AvgIpc) is 2.54. The lowest BCUT2D eigenvalue weighted by Crippen LogP contribution is -2.32. The molecule has 1 N–H and O–H groups in total. The van der Waals surface area contributed by atoms with Gasteiger partial charge in [-0.1, -0.05) is 55.8 Å². The lowest BCUT2D eigenvalue weighted by molar-refractivity contribution is 0.0935. The van der Waals surface area contributed by atoms with E-state index in [9.17, 15) is 4.79 Å². The van der Waals surface area contributed by atoms with Crippen LogP contribution >= 0.6 is 11.8 Å². The molecule has 2 aromatic carbocycles. The Hall–Kier alpha value is -1.74. The van der Waals surface area contributed by atoms with Gasteiger partial charge in [0.25, 0.3) is 5.91 Å². The number of hydrogen-bond donors (Lipinski definition) is 1. The maximum absolute atomic E-state index is 12.4. The van der Waals surface area contributed by atoms with Crippen molar-refractivity contribution in [3.05, 3.63) is 65.7 Å². The summed E-state index contributed by atoms with van der Waals surface area (Å²) in [7, 11) is 0. The highest BCUT2D eigenvalue weighted by atomic mass is 32.2. The van der Waals surface area contributed by atoms with Crippen molar-refractivity contribution in [2.24, 2.45) is 0 Å². The van der Waals surface area contributed by atoms with Gasteiger partial charge in [-0.05, 0) is 31.0 Å². The zero-order chi connectivity index (χ0) is 15.8. The number of carbonyl (C=O) groups is 1. The Morgan fingerprint density at radius 2 is 1.77 bits per heavy atom. The van der Waals surface area contributed by atoms with Crippen molar-refractivity contribution < 1.29 is 4.79 Å². The van der Waals surface area contributed by atoms with E-state index in [1.165, 1.54) is 5.56 Å². The van der Waals surface area contributed by atoms with Crippen LogP contribution in [0.2, 0.25) is 0 Å². The smallest absolute Gasteiger partial charge is 0.252 e. The Bertz CT molecular complexity index is 597. The summed E-state index contributed by atoms with van der Waals surface area (Å²) in [6.07, 6.45) is 2.08. The van der Waals surface area contributed by atoms with Gasteiger partial charge in [0.2, 0.25) is 0 Å². The monoisotopic (exact) mass is 313 g/mol. The van der Waals surface area contributed by atoms with E-state index in [1.54, 1.807) is 11.8 Å². The normalized spacial score (nSPS) is 11.9. The fourth-order valence-electron chi connectivity index (χ4n) is 2.32. The van der Waals surface area contributed by atoms with Gasteiger partial charge in [-0.15, -0.1) is 11.8 Å². The number of benzene rings is 2. The molecule has 0 saturated heterocycles. The van der Waals surface area contributed by atoms with Gasteiger partial charge < -0.3 is 5.32 Å². The zero-order valence-corrected chi connectivity index (χ0v) is 14.0. The van der Waals surface area contributed by atoms with Crippen molar-refractivity contribution in [3.8, 4) is 0 Å². The van der Waals surface area contributed by atoms with Crippen molar-refractivity contribution in [2.45, 2.75) is 43.4 Å². The lowest BCUT2D eigenvalue weighted by atomic mass is 10.1. The third-order valence-electron chi connectivity index (χ3n) is 3.47. The van der Waals surface area contributed by atoms with E-state index in [0.717, 1.165) is 29.1 Å². The molecule has 0 aliphatic heterocycles. The highest BCUT2D eigenvalue weighted by Crippen LogP contribution is 2.26. The van der Waals surface area contributed by atoms with Crippen LogP contribution in [-0.2, 0) is 5.75 Å². The highest BCUT2D eigenvalue weighted by Gasteiger charge is 2.13. The summed E-state index contributed by atoms with van der Waals surface area (Å²) in [6, 6.07) is 18.4. The molecule has 2 rings (SSSR count). The number of nitrogens with one attached hydrogen (secondary N) is 1. The van der Waals surface area contributed by atoms with Gasteiger partial charge in [0.1, 0.15) is 0 Å². The molecule has 1 amide bonds.